The molecule has 2 atom stereocenters. The molecule has 1 saturated heterocycles. The molecular weight excluding hydrogens is 501 g/mol. The van der Waals surface area contributed by atoms with Crippen LogP contribution in [-0.2, 0) is 16.5 Å². The molecule has 0 aromatic rings. The van der Waals surface area contributed by atoms with E-state index in [2.05, 4.69) is 111 Å². The molecule has 1 saturated carbocycles. The Balaban J connectivity index is 2.93. The van der Waals surface area contributed by atoms with Crippen LogP contribution in [0.15, 0.2) is 0 Å². The molecule has 1 aliphatic carbocycles. The molecule has 0 amide bonds. The van der Waals surface area contributed by atoms with E-state index >= 15 is 0 Å². The van der Waals surface area contributed by atoms with Crippen LogP contribution in [0.3, 0.4) is 0 Å². The third kappa shape index (κ3) is 5.43. The average Bonchev–Trinajstić information content (AvgIpc) is 3.48. The van der Waals surface area contributed by atoms with Crippen LogP contribution in [0.5, 0.6) is 0 Å². The van der Waals surface area contributed by atoms with Crippen LogP contribution in [0.1, 0.15) is 117 Å². The van der Waals surface area contributed by atoms with Crippen LogP contribution in [0.25, 0.3) is 0 Å². The van der Waals surface area contributed by atoms with Gasteiger partial charge in [0.25, 0.3) is 0 Å². The van der Waals surface area contributed by atoms with E-state index in [9.17, 15) is 0 Å². The van der Waals surface area contributed by atoms with Gasteiger partial charge in [-0.2, -0.15) is 0 Å². The Morgan fingerprint density at radius 1 is 0.429 bits per heavy atom. The fourth-order valence-corrected chi connectivity index (χ4v) is 37.7. The molecule has 35 heavy (non-hydrogen) atoms. The summed E-state index contributed by atoms with van der Waals surface area (Å²) in [4.78, 5) is 0. The highest BCUT2D eigenvalue weighted by Crippen LogP contribution is 2.63. The quantitative estimate of drug-likeness (QED) is 0.263. The first kappa shape index (κ1) is 31.9. The lowest BCUT2D eigenvalue weighted by Gasteiger charge is -2.60. The van der Waals surface area contributed by atoms with Crippen molar-refractivity contribution in [2.45, 2.75) is 162 Å². The highest BCUT2D eigenvalue weighted by molar-refractivity contribution is 6.97. The summed E-state index contributed by atoms with van der Waals surface area (Å²) in [6, 6.07) is 0. The predicted molar refractivity (Wildman–Crippen MR) is 160 cm³/mol. The maximum Gasteiger partial charge on any atom is 0.326 e. The van der Waals surface area contributed by atoms with E-state index in [1.165, 1.54) is 6.42 Å². The molecule has 2 fully saturated rings. The number of hydrogen-bond donors (Lipinski definition) is 0. The SMILES string of the molecule is CC(C)C1CC1[Si]1(C(C)C)O[Si](C(C)C)(C(C)C)O[Si](C(C)C)(C(C)C)O[Si](C(C)C)(C(C)C)O1. The normalized spacial score (nSPS) is 28.1. The van der Waals surface area contributed by atoms with Crippen molar-refractivity contribution in [2.75, 3.05) is 0 Å². The zero-order valence-corrected chi connectivity index (χ0v) is 30.1. The van der Waals surface area contributed by atoms with E-state index in [-0.39, 0.29) is 0 Å². The van der Waals surface area contributed by atoms with Crippen LogP contribution < -0.4 is 0 Å². The Bertz CT molecular complexity index is 647. The second kappa shape index (κ2) is 11.1. The molecule has 4 nitrogen and oxygen atoms in total. The van der Waals surface area contributed by atoms with Gasteiger partial charge in [0.05, 0.1) is 0 Å². The largest absolute Gasteiger partial charge is 0.415 e. The van der Waals surface area contributed by atoms with E-state index < -0.39 is 34.2 Å². The van der Waals surface area contributed by atoms with Crippen LogP contribution in [0, 0.1) is 11.8 Å². The fourth-order valence-electron chi connectivity index (χ4n) is 6.72. The van der Waals surface area contributed by atoms with Crippen molar-refractivity contribution in [3.63, 3.8) is 0 Å². The summed E-state index contributed by atoms with van der Waals surface area (Å²) < 4.78 is 31.3. The minimum absolute atomic E-state index is 0.334. The van der Waals surface area contributed by atoms with E-state index in [1.807, 2.05) is 0 Å². The summed E-state index contributed by atoms with van der Waals surface area (Å²) in [6.45, 7) is 37.6. The minimum atomic E-state index is -2.70. The Morgan fingerprint density at radius 2 is 0.714 bits per heavy atom. The summed E-state index contributed by atoms with van der Waals surface area (Å²) in [6.07, 6.45) is 1.24. The topological polar surface area (TPSA) is 36.9 Å². The van der Waals surface area contributed by atoms with Gasteiger partial charge >= 0.3 is 34.2 Å². The highest BCUT2D eigenvalue weighted by Gasteiger charge is 2.72. The zero-order valence-electron chi connectivity index (χ0n) is 26.1. The molecule has 2 aliphatic rings. The van der Waals surface area contributed by atoms with E-state index in [4.69, 9.17) is 16.5 Å². The third-order valence-electron chi connectivity index (χ3n) is 9.12. The van der Waals surface area contributed by atoms with Gasteiger partial charge in [-0.1, -0.05) is 111 Å². The van der Waals surface area contributed by atoms with Crippen LogP contribution >= 0.6 is 0 Å². The molecule has 0 bridgehead atoms. The van der Waals surface area contributed by atoms with Crippen molar-refractivity contribution >= 4 is 34.2 Å². The van der Waals surface area contributed by atoms with Crippen LogP contribution in [-0.4, -0.2) is 34.2 Å². The molecule has 0 spiro atoms. The molecule has 208 valence electrons. The Hall–Kier alpha value is 0.708. The molecule has 2 unspecified atom stereocenters. The van der Waals surface area contributed by atoms with Gasteiger partial charge in [0.15, 0.2) is 0 Å². The second-order valence-corrected chi connectivity index (χ2v) is 32.0. The van der Waals surface area contributed by atoms with Gasteiger partial charge in [-0.05, 0) is 57.0 Å². The van der Waals surface area contributed by atoms with Gasteiger partial charge in [0, 0.05) is 5.54 Å². The Labute approximate surface area is 223 Å². The van der Waals surface area contributed by atoms with Crippen LogP contribution in [0.2, 0.25) is 44.3 Å². The smallest absolute Gasteiger partial charge is 0.326 e. The maximum atomic E-state index is 7.89. The number of rotatable bonds is 9. The monoisotopic (exact) mass is 560 g/mol. The summed E-state index contributed by atoms with van der Waals surface area (Å²) in [7, 11) is -10.8. The van der Waals surface area contributed by atoms with Crippen molar-refractivity contribution in [1.29, 1.82) is 0 Å². The number of hydrogen-bond acceptors (Lipinski definition) is 4. The minimum Gasteiger partial charge on any atom is -0.415 e. The summed E-state index contributed by atoms with van der Waals surface area (Å²) >= 11 is 0. The lowest BCUT2D eigenvalue weighted by atomic mass is 10.1. The van der Waals surface area contributed by atoms with E-state index in [1.54, 1.807) is 0 Å². The van der Waals surface area contributed by atoms with Gasteiger partial charge in [0.1, 0.15) is 0 Å². The summed E-state index contributed by atoms with van der Waals surface area (Å²) in [5, 5.41) is 0. The Morgan fingerprint density at radius 3 is 0.914 bits per heavy atom. The van der Waals surface area contributed by atoms with Gasteiger partial charge in [-0.25, -0.2) is 0 Å². The summed E-state index contributed by atoms with van der Waals surface area (Å²) in [5.41, 5.74) is 2.94. The van der Waals surface area contributed by atoms with Crippen LogP contribution in [0.4, 0.5) is 0 Å². The van der Waals surface area contributed by atoms with Crippen molar-refractivity contribution < 1.29 is 16.5 Å². The third-order valence-corrected chi connectivity index (χ3v) is 32.3. The van der Waals surface area contributed by atoms with Crippen molar-refractivity contribution in [1.82, 2.24) is 0 Å². The van der Waals surface area contributed by atoms with Crippen molar-refractivity contribution in [3.05, 3.63) is 0 Å². The van der Waals surface area contributed by atoms with Crippen molar-refractivity contribution in [2.24, 2.45) is 11.8 Å². The Kier molecular flexibility index (Phi) is 10.1. The molecule has 0 aromatic carbocycles. The molecular formula is C27H60O4Si4. The first-order chi connectivity index (χ1) is 15.9. The van der Waals surface area contributed by atoms with Crippen molar-refractivity contribution in [3.8, 4) is 0 Å². The van der Waals surface area contributed by atoms with E-state index in [0.29, 0.717) is 56.2 Å². The highest BCUT2D eigenvalue weighted by atomic mass is 28.5. The molecule has 0 aromatic heterocycles. The lowest BCUT2D eigenvalue weighted by molar-refractivity contribution is 0.175. The van der Waals surface area contributed by atoms with Gasteiger partial charge < -0.3 is 16.5 Å². The fraction of sp³-hybridized carbons (Fsp3) is 1.00. The van der Waals surface area contributed by atoms with Gasteiger partial charge in [0.2, 0.25) is 0 Å². The molecule has 8 heteroatoms. The first-order valence-electron chi connectivity index (χ1n) is 14.7. The maximum absolute atomic E-state index is 7.89. The molecule has 1 aliphatic heterocycles. The van der Waals surface area contributed by atoms with E-state index in [0.717, 1.165) is 0 Å². The molecule has 0 radical (unpaired) electrons. The molecule has 1 heterocycles. The van der Waals surface area contributed by atoms with Gasteiger partial charge in [-0.3, -0.25) is 0 Å². The predicted octanol–water partition coefficient (Wildman–Crippen LogP) is 9.75. The standard InChI is InChI=1S/C27H60O4Si4/c1-18(2)26-17-27(26)35(25(15)16)30-33(21(7)8,22(9)10)28-32(19(3)4,20(5)6)29-34(31-35,23(11)12)24(13)14/h18-27H,17H2,1-16H3. The first-order valence-corrected chi connectivity index (χ1v) is 22.5. The van der Waals surface area contributed by atoms with Gasteiger partial charge in [-0.15, -0.1) is 0 Å². The average molecular weight is 561 g/mol. The lowest BCUT2D eigenvalue weighted by Crippen LogP contribution is -2.75. The second-order valence-electron chi connectivity index (χ2n) is 14.1. The molecule has 0 N–H and O–H groups in total. The summed E-state index contributed by atoms with van der Waals surface area (Å²) in [5.74, 6) is 1.35. The molecule has 2 rings (SSSR count). The zero-order chi connectivity index (χ0) is 27.3.